The smallest absolute Gasteiger partial charge is 0.317 e. The summed E-state index contributed by atoms with van der Waals surface area (Å²) in [5.41, 5.74) is 0. The van der Waals surface area contributed by atoms with Crippen molar-refractivity contribution in [3.63, 3.8) is 0 Å². The first-order chi connectivity index (χ1) is 4.20. The highest BCUT2D eigenvalue weighted by atomic mass is 16.4. The van der Waals surface area contributed by atoms with Crippen molar-refractivity contribution in [2.24, 2.45) is 0 Å². The molecule has 0 aromatic carbocycles. The largest absolute Gasteiger partial charge is 0.480 e. The molecule has 1 aliphatic heterocycles. The third-order valence-corrected chi connectivity index (χ3v) is 1.80. The average Bonchev–Trinajstić information content (AvgIpc) is 1.79. The van der Waals surface area contributed by atoms with Gasteiger partial charge in [0.1, 0.15) is 0 Å². The minimum atomic E-state index is -0.721. The highest BCUT2D eigenvalue weighted by Crippen LogP contribution is 2.14. The Labute approximate surface area is 54.3 Å². The molecule has 0 aliphatic carbocycles. The molecule has 0 spiro atoms. The Kier molecular flexibility index (Phi) is 1.71. The van der Waals surface area contributed by atoms with E-state index in [9.17, 15) is 4.79 Å². The van der Waals surface area contributed by atoms with Gasteiger partial charge in [-0.05, 0) is 13.3 Å². The minimum absolute atomic E-state index is 0.209. The molecule has 1 unspecified atom stereocenters. The number of rotatable bonds is 2. The quantitative estimate of drug-likeness (QED) is 0.577. The van der Waals surface area contributed by atoms with Crippen LogP contribution in [0.25, 0.3) is 0 Å². The summed E-state index contributed by atoms with van der Waals surface area (Å²) in [6.07, 6.45) is 1.15. The average molecular weight is 129 g/mol. The van der Waals surface area contributed by atoms with E-state index in [0.717, 1.165) is 13.0 Å². The van der Waals surface area contributed by atoms with Gasteiger partial charge in [0.15, 0.2) is 0 Å². The lowest BCUT2D eigenvalue weighted by Crippen LogP contribution is -2.47. The summed E-state index contributed by atoms with van der Waals surface area (Å²) in [6, 6.07) is 0.487. The van der Waals surface area contributed by atoms with Crippen LogP contribution in [0, 0.1) is 0 Å². The van der Waals surface area contributed by atoms with Crippen LogP contribution >= 0.6 is 0 Å². The maximum absolute atomic E-state index is 10.1. The van der Waals surface area contributed by atoms with Crippen LogP contribution in [-0.4, -0.2) is 35.1 Å². The molecule has 0 radical (unpaired) electrons. The lowest BCUT2D eigenvalue weighted by Gasteiger charge is -2.37. The first-order valence-electron chi connectivity index (χ1n) is 3.16. The van der Waals surface area contributed by atoms with E-state index in [1.165, 1.54) is 0 Å². The normalized spacial score (nSPS) is 27.4. The molecule has 1 N–H and O–H groups in total. The first kappa shape index (κ1) is 6.55. The van der Waals surface area contributed by atoms with Gasteiger partial charge in [-0.3, -0.25) is 9.69 Å². The summed E-state index contributed by atoms with van der Waals surface area (Å²) >= 11 is 0. The third-order valence-electron chi connectivity index (χ3n) is 1.80. The first-order valence-corrected chi connectivity index (χ1v) is 3.16. The van der Waals surface area contributed by atoms with Crippen LogP contribution in [0.3, 0.4) is 0 Å². The van der Waals surface area contributed by atoms with E-state index in [1.54, 1.807) is 0 Å². The number of carboxylic acid groups (broad SMARTS) is 1. The number of carbonyl (C=O) groups is 1. The van der Waals surface area contributed by atoms with Crippen molar-refractivity contribution in [3.8, 4) is 0 Å². The van der Waals surface area contributed by atoms with E-state index in [0.29, 0.717) is 6.04 Å². The molecule has 9 heavy (non-hydrogen) atoms. The van der Waals surface area contributed by atoms with E-state index >= 15 is 0 Å². The van der Waals surface area contributed by atoms with Crippen molar-refractivity contribution < 1.29 is 9.90 Å². The molecule has 1 fully saturated rings. The summed E-state index contributed by atoms with van der Waals surface area (Å²) in [5.74, 6) is -0.721. The van der Waals surface area contributed by atoms with Gasteiger partial charge in [0.2, 0.25) is 0 Å². The Morgan fingerprint density at radius 3 is 2.67 bits per heavy atom. The van der Waals surface area contributed by atoms with E-state index in [2.05, 4.69) is 0 Å². The second-order valence-electron chi connectivity index (χ2n) is 2.50. The Bertz CT molecular complexity index is 124. The molecule has 0 bridgehead atoms. The molecule has 0 aromatic rings. The van der Waals surface area contributed by atoms with Crippen molar-refractivity contribution in [1.82, 2.24) is 4.90 Å². The van der Waals surface area contributed by atoms with Gasteiger partial charge in [-0.2, -0.15) is 0 Å². The predicted octanol–water partition coefficient (Wildman–Crippen LogP) is 0.165. The fourth-order valence-corrected chi connectivity index (χ4v) is 0.979. The molecule has 1 aliphatic rings. The SMILES string of the molecule is CC1CCN1CC(=O)O. The van der Waals surface area contributed by atoms with E-state index in [4.69, 9.17) is 5.11 Å². The zero-order valence-corrected chi connectivity index (χ0v) is 5.50. The highest BCUT2D eigenvalue weighted by Gasteiger charge is 2.24. The summed E-state index contributed by atoms with van der Waals surface area (Å²) in [7, 11) is 0. The van der Waals surface area contributed by atoms with Gasteiger partial charge in [-0.25, -0.2) is 0 Å². The molecule has 1 rings (SSSR count). The Hall–Kier alpha value is -0.570. The van der Waals surface area contributed by atoms with Crippen LogP contribution in [0.2, 0.25) is 0 Å². The van der Waals surface area contributed by atoms with Crippen molar-refractivity contribution in [2.45, 2.75) is 19.4 Å². The fraction of sp³-hybridized carbons (Fsp3) is 0.833. The molecule has 1 atom stereocenters. The van der Waals surface area contributed by atoms with Gasteiger partial charge in [-0.1, -0.05) is 0 Å². The molecule has 0 saturated carbocycles. The van der Waals surface area contributed by atoms with Crippen molar-refractivity contribution >= 4 is 5.97 Å². The van der Waals surface area contributed by atoms with Gasteiger partial charge in [0.25, 0.3) is 0 Å². The minimum Gasteiger partial charge on any atom is -0.480 e. The Morgan fingerprint density at radius 1 is 1.89 bits per heavy atom. The van der Waals surface area contributed by atoms with Crippen molar-refractivity contribution in [1.29, 1.82) is 0 Å². The molecular formula is C6H11NO2. The van der Waals surface area contributed by atoms with Crippen molar-refractivity contribution in [3.05, 3.63) is 0 Å². The number of hydrogen-bond acceptors (Lipinski definition) is 2. The lowest BCUT2D eigenvalue weighted by atomic mass is 10.1. The van der Waals surface area contributed by atoms with Gasteiger partial charge in [0.05, 0.1) is 6.54 Å². The maximum atomic E-state index is 10.1. The van der Waals surface area contributed by atoms with E-state index < -0.39 is 5.97 Å². The molecule has 1 saturated heterocycles. The monoisotopic (exact) mass is 129 g/mol. The number of carboxylic acids is 1. The Morgan fingerprint density at radius 2 is 2.56 bits per heavy atom. The molecule has 1 heterocycles. The summed E-state index contributed by atoms with van der Waals surface area (Å²) in [5, 5.41) is 8.32. The number of aliphatic carboxylic acids is 1. The third kappa shape index (κ3) is 1.42. The van der Waals surface area contributed by atoms with E-state index in [-0.39, 0.29) is 6.54 Å². The van der Waals surface area contributed by atoms with Crippen LogP contribution < -0.4 is 0 Å². The fourth-order valence-electron chi connectivity index (χ4n) is 0.979. The topological polar surface area (TPSA) is 40.5 Å². The van der Waals surface area contributed by atoms with Crippen LogP contribution in [0.15, 0.2) is 0 Å². The molecule has 3 nitrogen and oxygen atoms in total. The van der Waals surface area contributed by atoms with Crippen molar-refractivity contribution in [2.75, 3.05) is 13.1 Å². The highest BCUT2D eigenvalue weighted by molar-refractivity contribution is 5.69. The standard InChI is InChI=1S/C6H11NO2/c1-5-2-3-7(5)4-6(8)9/h5H,2-4H2,1H3,(H,8,9). The van der Waals surface area contributed by atoms with Gasteiger partial charge in [-0.15, -0.1) is 0 Å². The molecule has 3 heteroatoms. The lowest BCUT2D eigenvalue weighted by molar-refractivity contribution is -0.140. The molecule has 52 valence electrons. The zero-order chi connectivity index (χ0) is 6.85. The van der Waals surface area contributed by atoms with E-state index in [1.807, 2.05) is 11.8 Å². The number of likely N-dealkylation sites (tertiary alicyclic amines) is 1. The van der Waals surface area contributed by atoms with Gasteiger partial charge in [0, 0.05) is 12.6 Å². The Balaban J connectivity index is 2.21. The predicted molar refractivity (Wildman–Crippen MR) is 33.3 cm³/mol. The van der Waals surface area contributed by atoms with Gasteiger partial charge < -0.3 is 5.11 Å². The van der Waals surface area contributed by atoms with Gasteiger partial charge >= 0.3 is 5.97 Å². The van der Waals surface area contributed by atoms with Crippen LogP contribution in [0.5, 0.6) is 0 Å². The van der Waals surface area contributed by atoms with Crippen LogP contribution in [-0.2, 0) is 4.79 Å². The summed E-state index contributed by atoms with van der Waals surface area (Å²) < 4.78 is 0. The second kappa shape index (κ2) is 2.35. The number of nitrogens with zero attached hydrogens (tertiary/aromatic N) is 1. The number of hydrogen-bond donors (Lipinski definition) is 1. The maximum Gasteiger partial charge on any atom is 0.317 e. The van der Waals surface area contributed by atoms with Crippen LogP contribution in [0.1, 0.15) is 13.3 Å². The molecule has 0 aromatic heterocycles. The molecular weight excluding hydrogens is 118 g/mol. The zero-order valence-electron chi connectivity index (χ0n) is 5.50. The molecule has 0 amide bonds. The summed E-state index contributed by atoms with van der Waals surface area (Å²) in [6.45, 7) is 3.21. The summed E-state index contributed by atoms with van der Waals surface area (Å²) in [4.78, 5) is 12.1. The second-order valence-corrected chi connectivity index (χ2v) is 2.50. The van der Waals surface area contributed by atoms with Crippen LogP contribution in [0.4, 0.5) is 0 Å².